The van der Waals surface area contributed by atoms with Crippen LogP contribution in [0.25, 0.3) is 0 Å². The molecule has 4 aliphatic rings. The number of aliphatic imine (C=N–C) groups is 2. The van der Waals surface area contributed by atoms with Gasteiger partial charge in [0.15, 0.2) is 0 Å². The average Bonchev–Trinajstić information content (AvgIpc) is 3.19. The molecule has 19 heavy (non-hydrogen) atoms. The van der Waals surface area contributed by atoms with Gasteiger partial charge in [0.2, 0.25) is 0 Å². The van der Waals surface area contributed by atoms with Gasteiger partial charge >= 0.3 is 0 Å². The Morgan fingerprint density at radius 2 is 2.16 bits per heavy atom. The van der Waals surface area contributed by atoms with Crippen molar-refractivity contribution in [2.24, 2.45) is 21.8 Å². The Labute approximate surface area is 119 Å². The highest BCUT2D eigenvalue weighted by Gasteiger charge is 2.37. The maximum absolute atomic E-state index is 4.93. The summed E-state index contributed by atoms with van der Waals surface area (Å²) in [6.45, 7) is 3.29. The van der Waals surface area contributed by atoms with E-state index in [2.05, 4.69) is 25.2 Å². The van der Waals surface area contributed by atoms with Gasteiger partial charge in [0.1, 0.15) is 0 Å². The second-order valence-corrected chi connectivity index (χ2v) is 7.43. The van der Waals surface area contributed by atoms with Crippen LogP contribution in [0.15, 0.2) is 33.8 Å². The molecule has 3 atom stereocenters. The van der Waals surface area contributed by atoms with Crippen molar-refractivity contribution in [2.45, 2.75) is 43.9 Å². The summed E-state index contributed by atoms with van der Waals surface area (Å²) in [5, 5.41) is 1.97. The molecular weight excluding hydrogens is 252 g/mol. The van der Waals surface area contributed by atoms with E-state index in [4.69, 9.17) is 9.98 Å². The lowest BCUT2D eigenvalue weighted by molar-refractivity contribution is 0.538. The highest BCUT2D eigenvalue weighted by molar-refractivity contribution is 8.15. The number of fused-ring (bicyclic) bond motifs is 1. The highest BCUT2D eigenvalue weighted by atomic mass is 32.2. The molecule has 0 bridgehead atoms. The first-order valence-electron chi connectivity index (χ1n) is 7.47. The van der Waals surface area contributed by atoms with Crippen LogP contribution in [0.3, 0.4) is 0 Å². The molecule has 1 saturated carbocycles. The molecule has 0 saturated heterocycles. The molecule has 0 amide bonds. The van der Waals surface area contributed by atoms with Crippen molar-refractivity contribution in [2.75, 3.05) is 6.54 Å². The van der Waals surface area contributed by atoms with Crippen LogP contribution < -0.4 is 0 Å². The molecule has 2 nitrogen and oxygen atoms in total. The quantitative estimate of drug-likeness (QED) is 0.753. The molecule has 4 rings (SSSR count). The minimum Gasteiger partial charge on any atom is -0.289 e. The predicted molar refractivity (Wildman–Crippen MR) is 83.2 cm³/mol. The number of allylic oxidation sites excluding steroid dienone is 2. The summed E-state index contributed by atoms with van der Waals surface area (Å²) >= 11 is 1.99. The summed E-state index contributed by atoms with van der Waals surface area (Å²) in [6, 6.07) is 0.377. The monoisotopic (exact) mass is 272 g/mol. The second-order valence-electron chi connectivity index (χ2n) is 6.23. The maximum Gasteiger partial charge on any atom is 0.0856 e. The summed E-state index contributed by atoms with van der Waals surface area (Å²) in [7, 11) is 0. The first-order valence-corrected chi connectivity index (χ1v) is 8.35. The van der Waals surface area contributed by atoms with Crippen LogP contribution in [-0.2, 0) is 0 Å². The topological polar surface area (TPSA) is 24.7 Å². The molecule has 2 heterocycles. The van der Waals surface area contributed by atoms with Gasteiger partial charge in [-0.25, -0.2) is 0 Å². The fourth-order valence-electron chi connectivity index (χ4n) is 2.96. The van der Waals surface area contributed by atoms with Crippen molar-refractivity contribution < 1.29 is 0 Å². The third-order valence-electron chi connectivity index (χ3n) is 4.41. The summed E-state index contributed by atoms with van der Waals surface area (Å²) in [5.74, 6) is 1.56. The second kappa shape index (κ2) is 4.62. The van der Waals surface area contributed by atoms with Gasteiger partial charge in [0.25, 0.3) is 0 Å². The van der Waals surface area contributed by atoms with Crippen molar-refractivity contribution in [3.8, 4) is 0 Å². The molecule has 2 aliphatic carbocycles. The summed E-state index contributed by atoms with van der Waals surface area (Å²) in [4.78, 5) is 9.69. The molecule has 1 fully saturated rings. The van der Waals surface area contributed by atoms with Crippen LogP contribution in [0, 0.1) is 11.8 Å². The van der Waals surface area contributed by atoms with Crippen LogP contribution in [0.2, 0.25) is 0 Å². The van der Waals surface area contributed by atoms with E-state index in [9.17, 15) is 0 Å². The van der Waals surface area contributed by atoms with E-state index < -0.39 is 0 Å². The number of nitrogens with zero attached hydrogens (tertiary/aromatic N) is 2. The standard InChI is InChI=1S/C16H20N2S/c1-10-2-6-13(17-9-10)12-5-7-15-14(8-12)18-16(19-15)11-3-4-11/h5,7-8,10-11,14-15H,2-4,6,9H2,1H3. The van der Waals surface area contributed by atoms with Crippen LogP contribution in [-0.4, -0.2) is 28.6 Å². The average molecular weight is 272 g/mol. The van der Waals surface area contributed by atoms with E-state index >= 15 is 0 Å². The Balaban J connectivity index is 1.55. The van der Waals surface area contributed by atoms with Gasteiger partial charge < -0.3 is 0 Å². The van der Waals surface area contributed by atoms with Gasteiger partial charge in [-0.1, -0.05) is 19.1 Å². The fourth-order valence-corrected chi connectivity index (χ4v) is 4.29. The number of hydrogen-bond donors (Lipinski definition) is 0. The molecule has 0 N–H and O–H groups in total. The summed E-state index contributed by atoms with van der Waals surface area (Å²) < 4.78 is 0. The largest absolute Gasteiger partial charge is 0.289 e. The van der Waals surface area contributed by atoms with Crippen molar-refractivity contribution in [3.63, 3.8) is 0 Å². The van der Waals surface area contributed by atoms with Crippen LogP contribution in [0.5, 0.6) is 0 Å². The number of thioether (sulfide) groups is 1. The van der Waals surface area contributed by atoms with E-state index in [0.29, 0.717) is 11.3 Å². The van der Waals surface area contributed by atoms with Crippen LogP contribution >= 0.6 is 11.8 Å². The van der Waals surface area contributed by atoms with E-state index in [1.807, 2.05) is 11.8 Å². The zero-order chi connectivity index (χ0) is 12.8. The summed E-state index contributed by atoms with van der Waals surface area (Å²) in [6.07, 6.45) is 12.1. The van der Waals surface area contributed by atoms with Crippen molar-refractivity contribution in [3.05, 3.63) is 23.8 Å². The van der Waals surface area contributed by atoms with Gasteiger partial charge in [-0.2, -0.15) is 0 Å². The molecule has 100 valence electrons. The molecule has 0 aromatic heterocycles. The number of hydrogen-bond acceptors (Lipinski definition) is 3. The first-order chi connectivity index (χ1) is 9.29. The Kier molecular flexibility index (Phi) is 2.91. The minimum atomic E-state index is 0.377. The molecule has 0 spiro atoms. The zero-order valence-electron chi connectivity index (χ0n) is 11.4. The van der Waals surface area contributed by atoms with Crippen LogP contribution in [0.4, 0.5) is 0 Å². The number of rotatable bonds is 2. The third-order valence-corrected chi connectivity index (χ3v) is 5.80. The Bertz CT molecular complexity index is 511. The SMILES string of the molecule is CC1CCC(C2=CC3N=C(C4CC4)SC3C=C2)=NC1. The van der Waals surface area contributed by atoms with Gasteiger partial charge in [-0.05, 0) is 43.3 Å². The van der Waals surface area contributed by atoms with E-state index in [0.717, 1.165) is 24.8 Å². The molecular formula is C16H20N2S. The first kappa shape index (κ1) is 12.0. The highest BCUT2D eigenvalue weighted by Crippen LogP contribution is 2.43. The Hall–Kier alpha value is -0.830. The molecule has 0 aromatic carbocycles. The van der Waals surface area contributed by atoms with Crippen molar-refractivity contribution in [1.82, 2.24) is 0 Å². The van der Waals surface area contributed by atoms with Gasteiger partial charge in [-0.15, -0.1) is 11.8 Å². The van der Waals surface area contributed by atoms with E-state index in [1.165, 1.54) is 35.6 Å². The summed E-state index contributed by atoms with van der Waals surface area (Å²) in [5.41, 5.74) is 2.66. The zero-order valence-corrected chi connectivity index (χ0v) is 12.2. The van der Waals surface area contributed by atoms with Crippen molar-refractivity contribution in [1.29, 1.82) is 0 Å². The maximum atomic E-state index is 4.93. The molecule has 0 radical (unpaired) electrons. The normalized spacial score (nSPS) is 37.5. The van der Waals surface area contributed by atoms with Gasteiger partial charge in [0.05, 0.1) is 16.3 Å². The lowest BCUT2D eigenvalue weighted by atomic mass is 9.92. The smallest absolute Gasteiger partial charge is 0.0856 e. The van der Waals surface area contributed by atoms with Gasteiger partial charge in [0, 0.05) is 18.2 Å². The van der Waals surface area contributed by atoms with E-state index in [1.54, 1.807) is 0 Å². The molecule has 3 heteroatoms. The third kappa shape index (κ3) is 2.33. The van der Waals surface area contributed by atoms with Gasteiger partial charge in [-0.3, -0.25) is 9.98 Å². The lowest BCUT2D eigenvalue weighted by Crippen LogP contribution is -2.21. The minimum absolute atomic E-state index is 0.377. The predicted octanol–water partition coefficient (Wildman–Crippen LogP) is 3.65. The Morgan fingerprint density at radius 3 is 2.89 bits per heavy atom. The lowest BCUT2D eigenvalue weighted by Gasteiger charge is -2.22. The van der Waals surface area contributed by atoms with E-state index in [-0.39, 0.29) is 0 Å². The molecule has 2 aliphatic heterocycles. The molecule has 0 aromatic rings. The molecule has 3 unspecified atom stereocenters. The Morgan fingerprint density at radius 1 is 1.26 bits per heavy atom. The van der Waals surface area contributed by atoms with Crippen LogP contribution in [0.1, 0.15) is 32.6 Å². The fraction of sp³-hybridized carbons (Fsp3) is 0.625. The van der Waals surface area contributed by atoms with Crippen molar-refractivity contribution >= 4 is 22.5 Å².